The number of carbonyl (C=O) groups is 1. The zero-order chi connectivity index (χ0) is 10.6. The average Bonchev–Trinajstić information content (AvgIpc) is 2.65. The number of aliphatic imine (C=N–C) groups is 1. The molecule has 5 heteroatoms. The number of thioether (sulfide) groups is 1. The summed E-state index contributed by atoms with van der Waals surface area (Å²) in [6.45, 7) is 5.71. The third-order valence-electron chi connectivity index (χ3n) is 2.09. The van der Waals surface area contributed by atoms with Gasteiger partial charge in [-0.05, 0) is 12.2 Å². The van der Waals surface area contributed by atoms with E-state index in [2.05, 4.69) is 15.6 Å². The minimum atomic E-state index is -0.144. The SMILES string of the molecule is CSC(=O)[C@@H](NC1=NCCN1)C(C)C. The molecule has 1 rings (SSSR count). The first-order valence-corrected chi connectivity index (χ1v) is 6.00. The highest BCUT2D eigenvalue weighted by Gasteiger charge is 2.23. The molecule has 1 aliphatic rings. The minimum absolute atomic E-state index is 0.144. The molecular weight excluding hydrogens is 198 g/mol. The number of rotatable bonds is 3. The zero-order valence-corrected chi connectivity index (χ0v) is 9.65. The van der Waals surface area contributed by atoms with E-state index >= 15 is 0 Å². The van der Waals surface area contributed by atoms with E-state index in [0.29, 0.717) is 0 Å². The number of guanidine groups is 1. The van der Waals surface area contributed by atoms with E-state index < -0.39 is 0 Å². The Labute approximate surface area is 88.9 Å². The van der Waals surface area contributed by atoms with Crippen LogP contribution in [0.1, 0.15) is 13.8 Å². The highest BCUT2D eigenvalue weighted by molar-refractivity contribution is 8.13. The Balaban J connectivity index is 2.54. The second-order valence-electron chi connectivity index (χ2n) is 3.55. The summed E-state index contributed by atoms with van der Waals surface area (Å²) in [6, 6.07) is -0.144. The van der Waals surface area contributed by atoms with Crippen LogP contribution in [0.5, 0.6) is 0 Å². The van der Waals surface area contributed by atoms with E-state index in [9.17, 15) is 4.79 Å². The van der Waals surface area contributed by atoms with E-state index in [1.807, 2.05) is 20.1 Å². The first kappa shape index (κ1) is 11.4. The Kier molecular flexibility index (Phi) is 4.25. The molecule has 1 heterocycles. The molecule has 0 saturated heterocycles. The number of nitrogens with one attached hydrogen (secondary N) is 2. The van der Waals surface area contributed by atoms with Crippen LogP contribution in [0.25, 0.3) is 0 Å². The third-order valence-corrected chi connectivity index (χ3v) is 2.74. The maximum Gasteiger partial charge on any atom is 0.211 e. The molecule has 1 aliphatic heterocycles. The van der Waals surface area contributed by atoms with Gasteiger partial charge >= 0.3 is 0 Å². The van der Waals surface area contributed by atoms with Crippen molar-refractivity contribution in [2.75, 3.05) is 19.3 Å². The molecule has 0 amide bonds. The lowest BCUT2D eigenvalue weighted by molar-refractivity contribution is -0.113. The van der Waals surface area contributed by atoms with E-state index in [-0.39, 0.29) is 17.1 Å². The van der Waals surface area contributed by atoms with Crippen LogP contribution >= 0.6 is 11.8 Å². The lowest BCUT2D eigenvalue weighted by Gasteiger charge is -2.20. The fraction of sp³-hybridized carbons (Fsp3) is 0.778. The summed E-state index contributed by atoms with van der Waals surface area (Å²) in [5.74, 6) is 1.03. The van der Waals surface area contributed by atoms with Crippen LogP contribution in [-0.4, -0.2) is 36.5 Å². The van der Waals surface area contributed by atoms with Crippen molar-refractivity contribution in [1.82, 2.24) is 10.6 Å². The second kappa shape index (κ2) is 5.24. The summed E-state index contributed by atoms with van der Waals surface area (Å²) in [5.41, 5.74) is 0. The van der Waals surface area contributed by atoms with Crippen molar-refractivity contribution in [3.05, 3.63) is 0 Å². The Morgan fingerprint density at radius 1 is 1.64 bits per heavy atom. The summed E-state index contributed by atoms with van der Waals surface area (Å²) < 4.78 is 0. The fourth-order valence-electron chi connectivity index (χ4n) is 1.27. The van der Waals surface area contributed by atoms with Crippen LogP contribution in [0, 0.1) is 5.92 Å². The summed E-state index contributed by atoms with van der Waals surface area (Å²) >= 11 is 1.26. The molecule has 0 aliphatic carbocycles. The molecule has 0 unspecified atom stereocenters. The van der Waals surface area contributed by atoms with Crippen molar-refractivity contribution in [3.63, 3.8) is 0 Å². The first-order chi connectivity index (χ1) is 6.65. The predicted octanol–water partition coefficient (Wildman–Crippen LogP) is 0.449. The Hall–Kier alpha value is -0.710. The van der Waals surface area contributed by atoms with Crippen LogP contribution in [0.2, 0.25) is 0 Å². The molecule has 80 valence electrons. The number of carbonyl (C=O) groups excluding carboxylic acids is 1. The van der Waals surface area contributed by atoms with Crippen molar-refractivity contribution in [2.45, 2.75) is 19.9 Å². The molecule has 4 nitrogen and oxygen atoms in total. The normalized spacial score (nSPS) is 17.6. The van der Waals surface area contributed by atoms with Gasteiger partial charge in [0.05, 0.1) is 6.54 Å². The highest BCUT2D eigenvalue weighted by atomic mass is 32.2. The molecule has 2 N–H and O–H groups in total. The van der Waals surface area contributed by atoms with Crippen LogP contribution in [0.4, 0.5) is 0 Å². The van der Waals surface area contributed by atoms with Gasteiger partial charge in [-0.25, -0.2) is 0 Å². The van der Waals surface area contributed by atoms with Gasteiger partial charge < -0.3 is 10.6 Å². The molecule has 0 aromatic rings. The summed E-state index contributed by atoms with van der Waals surface area (Å²) in [5, 5.41) is 6.40. The van der Waals surface area contributed by atoms with E-state index in [4.69, 9.17) is 0 Å². The third kappa shape index (κ3) is 2.90. The molecule has 0 radical (unpaired) electrons. The predicted molar refractivity (Wildman–Crippen MR) is 60.6 cm³/mol. The smallest absolute Gasteiger partial charge is 0.211 e. The number of nitrogens with zero attached hydrogens (tertiary/aromatic N) is 1. The molecule has 0 aromatic heterocycles. The lowest BCUT2D eigenvalue weighted by atomic mass is 10.1. The number of hydrogen-bond acceptors (Lipinski definition) is 5. The Morgan fingerprint density at radius 2 is 2.36 bits per heavy atom. The van der Waals surface area contributed by atoms with Gasteiger partial charge in [-0.2, -0.15) is 0 Å². The van der Waals surface area contributed by atoms with Gasteiger partial charge in [0.2, 0.25) is 5.12 Å². The molecule has 0 saturated carbocycles. The monoisotopic (exact) mass is 215 g/mol. The molecule has 14 heavy (non-hydrogen) atoms. The second-order valence-corrected chi connectivity index (χ2v) is 4.36. The largest absolute Gasteiger partial charge is 0.355 e. The van der Waals surface area contributed by atoms with E-state index in [1.54, 1.807) is 0 Å². The van der Waals surface area contributed by atoms with E-state index in [0.717, 1.165) is 19.0 Å². The maximum absolute atomic E-state index is 11.6. The van der Waals surface area contributed by atoms with Crippen LogP contribution in [0.15, 0.2) is 4.99 Å². The van der Waals surface area contributed by atoms with Crippen molar-refractivity contribution in [1.29, 1.82) is 0 Å². The molecule has 0 aromatic carbocycles. The average molecular weight is 215 g/mol. The standard InChI is InChI=1S/C9H17N3OS/c1-6(2)7(8(13)14-3)12-9-10-4-5-11-9/h6-7H,4-5H2,1-3H3,(H2,10,11,12)/t7-/m0/s1. The fourth-order valence-corrected chi connectivity index (χ4v) is 1.85. The topological polar surface area (TPSA) is 53.5 Å². The van der Waals surface area contributed by atoms with Gasteiger partial charge in [0.15, 0.2) is 5.96 Å². The summed E-state index contributed by atoms with van der Waals surface area (Å²) in [4.78, 5) is 15.8. The first-order valence-electron chi connectivity index (χ1n) is 4.78. The summed E-state index contributed by atoms with van der Waals surface area (Å²) in [7, 11) is 0. The van der Waals surface area contributed by atoms with Crippen molar-refractivity contribution in [3.8, 4) is 0 Å². The molecule has 0 bridgehead atoms. The lowest BCUT2D eigenvalue weighted by Crippen LogP contribution is -2.47. The van der Waals surface area contributed by atoms with Crippen LogP contribution in [-0.2, 0) is 4.79 Å². The number of hydrogen-bond donors (Lipinski definition) is 2. The quantitative estimate of drug-likeness (QED) is 0.718. The molecule has 0 fully saturated rings. The zero-order valence-electron chi connectivity index (χ0n) is 8.83. The van der Waals surface area contributed by atoms with Gasteiger partial charge in [0.25, 0.3) is 0 Å². The van der Waals surface area contributed by atoms with Gasteiger partial charge in [0.1, 0.15) is 6.04 Å². The van der Waals surface area contributed by atoms with Gasteiger partial charge in [-0.1, -0.05) is 25.6 Å². The van der Waals surface area contributed by atoms with Crippen molar-refractivity contribution in [2.24, 2.45) is 10.9 Å². The van der Waals surface area contributed by atoms with Crippen LogP contribution in [0.3, 0.4) is 0 Å². The molecule has 1 atom stereocenters. The van der Waals surface area contributed by atoms with Crippen molar-refractivity contribution >= 4 is 22.8 Å². The van der Waals surface area contributed by atoms with Gasteiger partial charge in [-0.3, -0.25) is 9.79 Å². The molecular formula is C9H17N3OS. The Morgan fingerprint density at radius 3 is 2.79 bits per heavy atom. The highest BCUT2D eigenvalue weighted by Crippen LogP contribution is 2.09. The minimum Gasteiger partial charge on any atom is -0.355 e. The molecule has 0 spiro atoms. The van der Waals surface area contributed by atoms with E-state index in [1.165, 1.54) is 11.8 Å². The Bertz CT molecular complexity index is 240. The van der Waals surface area contributed by atoms with Crippen molar-refractivity contribution < 1.29 is 4.79 Å². The maximum atomic E-state index is 11.6. The summed E-state index contributed by atoms with van der Waals surface area (Å²) in [6.07, 6.45) is 1.81. The van der Waals surface area contributed by atoms with Crippen LogP contribution < -0.4 is 10.6 Å². The van der Waals surface area contributed by atoms with Gasteiger partial charge in [-0.15, -0.1) is 0 Å². The van der Waals surface area contributed by atoms with Gasteiger partial charge in [0, 0.05) is 6.54 Å².